The van der Waals surface area contributed by atoms with Crippen LogP contribution >= 0.6 is 15.9 Å². The van der Waals surface area contributed by atoms with Crippen LogP contribution in [0.3, 0.4) is 0 Å². The molecule has 21 heavy (non-hydrogen) atoms. The van der Waals surface area contributed by atoms with Crippen LogP contribution in [0.2, 0.25) is 0 Å². The molecule has 0 bridgehead atoms. The topological polar surface area (TPSA) is 9.23 Å². The Morgan fingerprint density at radius 3 is 2.67 bits per heavy atom. The van der Waals surface area contributed by atoms with Gasteiger partial charge in [-0.15, -0.1) is 0 Å². The highest BCUT2D eigenvalue weighted by atomic mass is 79.9. The van der Waals surface area contributed by atoms with Crippen molar-refractivity contribution in [2.45, 2.75) is 31.0 Å². The lowest BCUT2D eigenvalue weighted by Crippen LogP contribution is -2.01. The Hall–Kier alpha value is -1.28. The van der Waals surface area contributed by atoms with Crippen molar-refractivity contribution in [3.63, 3.8) is 0 Å². The Labute approximate surface area is 135 Å². The molecule has 0 aromatic heterocycles. The third kappa shape index (κ3) is 3.16. The molecule has 2 heteroatoms. The van der Waals surface area contributed by atoms with Crippen LogP contribution in [-0.2, 0) is 0 Å². The molecule has 0 spiro atoms. The van der Waals surface area contributed by atoms with Gasteiger partial charge < -0.3 is 4.74 Å². The highest BCUT2D eigenvalue weighted by Crippen LogP contribution is 2.58. The van der Waals surface area contributed by atoms with Crippen molar-refractivity contribution in [1.29, 1.82) is 0 Å². The fourth-order valence-electron chi connectivity index (χ4n) is 3.02. The average Bonchev–Trinajstić information content (AvgIpc) is 3.30. The fraction of sp³-hybridized carbons (Fsp3) is 0.368. The summed E-state index contributed by atoms with van der Waals surface area (Å²) in [5, 5.41) is 0. The van der Waals surface area contributed by atoms with Gasteiger partial charge in [0.1, 0.15) is 5.75 Å². The molecule has 1 aliphatic rings. The molecule has 0 amide bonds. The lowest BCUT2D eigenvalue weighted by molar-refractivity contribution is 0.335. The molecule has 1 saturated carbocycles. The molecule has 1 aliphatic carbocycles. The third-order valence-electron chi connectivity index (χ3n) is 4.21. The van der Waals surface area contributed by atoms with E-state index in [1.165, 1.54) is 23.1 Å². The first-order chi connectivity index (χ1) is 10.2. The zero-order valence-electron chi connectivity index (χ0n) is 12.6. The maximum absolute atomic E-state index is 5.80. The second-order valence-electron chi connectivity index (χ2n) is 5.79. The van der Waals surface area contributed by atoms with Crippen LogP contribution in [0.1, 0.15) is 40.8 Å². The molecule has 110 valence electrons. The van der Waals surface area contributed by atoms with Gasteiger partial charge in [-0.05, 0) is 43.7 Å². The van der Waals surface area contributed by atoms with Crippen molar-refractivity contribution in [3.05, 3.63) is 65.2 Å². The standard InChI is InChI=1S/C19H21BrO/c1-3-21-18-10-9-13(2)11-17(18)19(20)16-12-15(16)14-7-5-4-6-8-14/h4-11,15-16,19H,3,12H2,1-2H3. The third-order valence-corrected chi connectivity index (χ3v) is 5.38. The summed E-state index contributed by atoms with van der Waals surface area (Å²) in [6.45, 7) is 4.89. The number of ether oxygens (including phenoxy) is 1. The number of halogens is 1. The van der Waals surface area contributed by atoms with Gasteiger partial charge in [0.15, 0.2) is 0 Å². The van der Waals surface area contributed by atoms with Gasteiger partial charge in [-0.25, -0.2) is 0 Å². The van der Waals surface area contributed by atoms with Gasteiger partial charge in [0.05, 0.1) is 6.61 Å². The second kappa shape index (κ2) is 6.23. The van der Waals surface area contributed by atoms with Crippen LogP contribution < -0.4 is 4.74 Å². The maximum Gasteiger partial charge on any atom is 0.123 e. The van der Waals surface area contributed by atoms with Crippen LogP contribution in [0, 0.1) is 12.8 Å². The van der Waals surface area contributed by atoms with E-state index in [2.05, 4.69) is 71.4 Å². The minimum Gasteiger partial charge on any atom is -0.494 e. The number of hydrogen-bond donors (Lipinski definition) is 0. The Kier molecular flexibility index (Phi) is 4.34. The Morgan fingerprint density at radius 1 is 1.19 bits per heavy atom. The van der Waals surface area contributed by atoms with E-state index in [9.17, 15) is 0 Å². The largest absolute Gasteiger partial charge is 0.494 e. The molecule has 0 saturated heterocycles. The SMILES string of the molecule is CCOc1ccc(C)cc1C(Br)C1CC1c1ccccc1. The Bertz CT molecular complexity index is 608. The Balaban J connectivity index is 1.80. The molecule has 1 nitrogen and oxygen atoms in total. The number of rotatable bonds is 5. The highest BCUT2D eigenvalue weighted by Gasteiger charge is 2.44. The zero-order valence-corrected chi connectivity index (χ0v) is 14.1. The summed E-state index contributed by atoms with van der Waals surface area (Å²) in [6.07, 6.45) is 1.25. The van der Waals surface area contributed by atoms with Gasteiger partial charge in [0, 0.05) is 10.4 Å². The van der Waals surface area contributed by atoms with Crippen LogP contribution in [0.4, 0.5) is 0 Å². The number of aryl methyl sites for hydroxylation is 1. The molecule has 1 fully saturated rings. The van der Waals surface area contributed by atoms with Crippen molar-refractivity contribution in [2.75, 3.05) is 6.61 Å². The normalized spacial score (nSPS) is 21.9. The van der Waals surface area contributed by atoms with Gasteiger partial charge in [0.25, 0.3) is 0 Å². The van der Waals surface area contributed by atoms with E-state index < -0.39 is 0 Å². The fourth-order valence-corrected chi connectivity index (χ4v) is 3.96. The summed E-state index contributed by atoms with van der Waals surface area (Å²) >= 11 is 3.93. The summed E-state index contributed by atoms with van der Waals surface area (Å²) in [6, 6.07) is 17.3. The minimum atomic E-state index is 0.365. The molecule has 3 atom stereocenters. The number of alkyl halides is 1. The first kappa shape index (κ1) is 14.6. The van der Waals surface area contributed by atoms with E-state index in [1.807, 2.05) is 6.92 Å². The minimum absolute atomic E-state index is 0.365. The quantitative estimate of drug-likeness (QED) is 0.638. The predicted molar refractivity (Wildman–Crippen MR) is 91.3 cm³/mol. The summed E-state index contributed by atoms with van der Waals surface area (Å²) in [4.78, 5) is 0.365. The van der Waals surface area contributed by atoms with Gasteiger partial charge in [-0.2, -0.15) is 0 Å². The van der Waals surface area contributed by atoms with E-state index in [0.29, 0.717) is 23.3 Å². The zero-order chi connectivity index (χ0) is 14.8. The van der Waals surface area contributed by atoms with Crippen LogP contribution in [0.25, 0.3) is 0 Å². The monoisotopic (exact) mass is 344 g/mol. The number of hydrogen-bond acceptors (Lipinski definition) is 1. The molecule has 2 aromatic carbocycles. The average molecular weight is 345 g/mol. The van der Waals surface area contributed by atoms with E-state index in [0.717, 1.165) is 5.75 Å². The van der Waals surface area contributed by atoms with E-state index >= 15 is 0 Å². The lowest BCUT2D eigenvalue weighted by Gasteiger charge is -2.16. The molecule has 0 heterocycles. The van der Waals surface area contributed by atoms with E-state index in [-0.39, 0.29) is 0 Å². The van der Waals surface area contributed by atoms with Crippen molar-refractivity contribution >= 4 is 15.9 Å². The van der Waals surface area contributed by atoms with Gasteiger partial charge in [-0.1, -0.05) is 64.0 Å². The molecule has 2 aromatic rings. The van der Waals surface area contributed by atoms with Gasteiger partial charge >= 0.3 is 0 Å². The van der Waals surface area contributed by atoms with Crippen LogP contribution in [0.15, 0.2) is 48.5 Å². The molecule has 0 radical (unpaired) electrons. The lowest BCUT2D eigenvalue weighted by atomic mass is 10.0. The molecular weight excluding hydrogens is 324 g/mol. The molecule has 3 rings (SSSR count). The van der Waals surface area contributed by atoms with E-state index in [1.54, 1.807) is 0 Å². The van der Waals surface area contributed by atoms with Crippen molar-refractivity contribution in [1.82, 2.24) is 0 Å². The summed E-state index contributed by atoms with van der Waals surface area (Å²) in [5.74, 6) is 2.35. The van der Waals surface area contributed by atoms with Crippen molar-refractivity contribution < 1.29 is 4.74 Å². The smallest absolute Gasteiger partial charge is 0.123 e. The summed E-state index contributed by atoms with van der Waals surface area (Å²) in [5.41, 5.74) is 4.03. The highest BCUT2D eigenvalue weighted by molar-refractivity contribution is 9.09. The van der Waals surface area contributed by atoms with Crippen molar-refractivity contribution in [2.24, 2.45) is 5.92 Å². The van der Waals surface area contributed by atoms with Gasteiger partial charge in [-0.3, -0.25) is 0 Å². The van der Waals surface area contributed by atoms with Crippen molar-refractivity contribution in [3.8, 4) is 5.75 Å². The molecule has 3 unspecified atom stereocenters. The maximum atomic E-state index is 5.80. The van der Waals surface area contributed by atoms with E-state index in [4.69, 9.17) is 4.74 Å². The number of benzene rings is 2. The summed E-state index contributed by atoms with van der Waals surface area (Å²) < 4.78 is 5.80. The molecule has 0 aliphatic heterocycles. The predicted octanol–water partition coefficient (Wildman–Crippen LogP) is 5.63. The molecule has 0 N–H and O–H groups in total. The first-order valence-electron chi connectivity index (χ1n) is 7.63. The Morgan fingerprint density at radius 2 is 1.95 bits per heavy atom. The van der Waals surface area contributed by atoms with Crippen LogP contribution in [-0.4, -0.2) is 6.61 Å². The van der Waals surface area contributed by atoms with Gasteiger partial charge in [0.2, 0.25) is 0 Å². The molecular formula is C19H21BrO. The van der Waals surface area contributed by atoms with Crippen LogP contribution in [0.5, 0.6) is 5.75 Å². The first-order valence-corrected chi connectivity index (χ1v) is 8.54. The second-order valence-corrected chi connectivity index (χ2v) is 6.78. The summed E-state index contributed by atoms with van der Waals surface area (Å²) in [7, 11) is 0.